The Kier molecular flexibility index (Phi) is 7.60. The van der Waals surface area contributed by atoms with Crippen LogP contribution in [0.3, 0.4) is 0 Å². The SMILES string of the molecule is C=C/C(=C\C(NC=O)=C(\C)C(C)CC)NC(=O)C1CCCN1. The van der Waals surface area contributed by atoms with Gasteiger partial charge in [0.2, 0.25) is 12.3 Å². The van der Waals surface area contributed by atoms with Gasteiger partial charge in [0.05, 0.1) is 6.04 Å². The highest BCUT2D eigenvalue weighted by Gasteiger charge is 2.22. The van der Waals surface area contributed by atoms with Gasteiger partial charge in [-0.3, -0.25) is 9.59 Å². The van der Waals surface area contributed by atoms with Crippen molar-refractivity contribution in [3.05, 3.63) is 35.7 Å². The van der Waals surface area contributed by atoms with Crippen LogP contribution in [0.25, 0.3) is 0 Å². The minimum absolute atomic E-state index is 0.0599. The molecule has 0 aromatic carbocycles. The molecule has 2 amide bonds. The second kappa shape index (κ2) is 9.20. The van der Waals surface area contributed by atoms with E-state index in [0.717, 1.165) is 31.4 Å². The molecule has 0 aromatic heterocycles. The van der Waals surface area contributed by atoms with Crippen LogP contribution in [0.5, 0.6) is 0 Å². The molecular weight excluding hydrogens is 278 g/mol. The Balaban J connectivity index is 2.92. The number of nitrogens with one attached hydrogen (secondary N) is 3. The minimum Gasteiger partial charge on any atom is -0.329 e. The van der Waals surface area contributed by atoms with Gasteiger partial charge in [-0.15, -0.1) is 0 Å². The van der Waals surface area contributed by atoms with Crippen LogP contribution in [0.15, 0.2) is 35.7 Å². The molecule has 5 heteroatoms. The Morgan fingerprint density at radius 2 is 2.23 bits per heavy atom. The summed E-state index contributed by atoms with van der Waals surface area (Å²) < 4.78 is 0. The van der Waals surface area contributed by atoms with Gasteiger partial charge in [0.25, 0.3) is 0 Å². The van der Waals surface area contributed by atoms with E-state index in [9.17, 15) is 9.59 Å². The first-order valence-electron chi connectivity index (χ1n) is 7.82. The molecule has 22 heavy (non-hydrogen) atoms. The van der Waals surface area contributed by atoms with Gasteiger partial charge in [-0.25, -0.2) is 0 Å². The predicted molar refractivity (Wildman–Crippen MR) is 88.8 cm³/mol. The van der Waals surface area contributed by atoms with Gasteiger partial charge < -0.3 is 16.0 Å². The van der Waals surface area contributed by atoms with E-state index < -0.39 is 0 Å². The quantitative estimate of drug-likeness (QED) is 0.474. The first-order chi connectivity index (χ1) is 10.5. The Hall–Kier alpha value is -1.88. The van der Waals surface area contributed by atoms with E-state index in [1.54, 1.807) is 12.2 Å². The van der Waals surface area contributed by atoms with Gasteiger partial charge in [0.15, 0.2) is 0 Å². The summed E-state index contributed by atoms with van der Waals surface area (Å²) in [5.74, 6) is 0.285. The molecule has 2 atom stereocenters. The van der Waals surface area contributed by atoms with Gasteiger partial charge in [-0.05, 0) is 56.4 Å². The van der Waals surface area contributed by atoms with Crippen LogP contribution in [0.1, 0.15) is 40.0 Å². The van der Waals surface area contributed by atoms with Crippen molar-refractivity contribution in [2.24, 2.45) is 5.92 Å². The van der Waals surface area contributed by atoms with E-state index in [1.807, 2.05) is 6.92 Å². The van der Waals surface area contributed by atoms with Crippen molar-refractivity contribution in [2.45, 2.75) is 46.1 Å². The first-order valence-corrected chi connectivity index (χ1v) is 7.82. The van der Waals surface area contributed by atoms with Crippen LogP contribution in [-0.2, 0) is 9.59 Å². The number of rotatable bonds is 8. The predicted octanol–water partition coefficient (Wildman–Crippen LogP) is 1.99. The molecule has 0 radical (unpaired) electrons. The first kappa shape index (κ1) is 18.2. The van der Waals surface area contributed by atoms with Crippen LogP contribution < -0.4 is 16.0 Å². The number of allylic oxidation sites excluding steroid dienone is 3. The Bertz CT molecular complexity index is 474. The molecule has 1 saturated heterocycles. The number of amides is 2. The Morgan fingerprint density at radius 3 is 2.73 bits per heavy atom. The van der Waals surface area contributed by atoms with E-state index in [-0.39, 0.29) is 11.9 Å². The van der Waals surface area contributed by atoms with Gasteiger partial charge in [-0.1, -0.05) is 20.4 Å². The lowest BCUT2D eigenvalue weighted by Gasteiger charge is -2.16. The van der Waals surface area contributed by atoms with Crippen molar-refractivity contribution < 1.29 is 9.59 Å². The lowest BCUT2D eigenvalue weighted by Crippen LogP contribution is -2.39. The molecule has 122 valence electrons. The summed E-state index contributed by atoms with van der Waals surface area (Å²) in [6.07, 6.45) is 6.83. The molecule has 0 bridgehead atoms. The van der Waals surface area contributed by atoms with Crippen molar-refractivity contribution in [1.82, 2.24) is 16.0 Å². The summed E-state index contributed by atoms with van der Waals surface area (Å²) in [6.45, 7) is 10.8. The lowest BCUT2D eigenvalue weighted by molar-refractivity contribution is -0.122. The molecule has 0 aliphatic carbocycles. The van der Waals surface area contributed by atoms with Crippen LogP contribution in [0.2, 0.25) is 0 Å². The summed E-state index contributed by atoms with van der Waals surface area (Å²) in [5.41, 5.74) is 2.37. The zero-order valence-electron chi connectivity index (χ0n) is 13.7. The molecule has 0 saturated carbocycles. The highest BCUT2D eigenvalue weighted by Crippen LogP contribution is 2.18. The molecule has 2 unspecified atom stereocenters. The fourth-order valence-corrected chi connectivity index (χ4v) is 2.34. The molecule has 1 heterocycles. The third kappa shape index (κ3) is 5.15. The van der Waals surface area contributed by atoms with Gasteiger partial charge in [0.1, 0.15) is 0 Å². The molecule has 3 N–H and O–H groups in total. The van der Waals surface area contributed by atoms with Crippen molar-refractivity contribution in [3.8, 4) is 0 Å². The summed E-state index contributed by atoms with van der Waals surface area (Å²) in [6, 6.07) is -0.148. The topological polar surface area (TPSA) is 70.2 Å². The fraction of sp³-hybridized carbons (Fsp3) is 0.529. The zero-order valence-corrected chi connectivity index (χ0v) is 13.7. The molecule has 1 aliphatic heterocycles. The van der Waals surface area contributed by atoms with Crippen LogP contribution >= 0.6 is 0 Å². The van der Waals surface area contributed by atoms with Crippen molar-refractivity contribution in [2.75, 3.05) is 6.54 Å². The number of carbonyl (C=O) groups is 2. The van der Waals surface area contributed by atoms with Gasteiger partial charge in [0, 0.05) is 11.4 Å². The molecule has 1 rings (SSSR count). The van der Waals surface area contributed by atoms with E-state index in [0.29, 0.717) is 23.7 Å². The molecular formula is C17H27N3O2. The maximum Gasteiger partial charge on any atom is 0.241 e. The van der Waals surface area contributed by atoms with Gasteiger partial charge in [-0.2, -0.15) is 0 Å². The van der Waals surface area contributed by atoms with E-state index in [4.69, 9.17) is 0 Å². The maximum atomic E-state index is 12.1. The van der Waals surface area contributed by atoms with Crippen LogP contribution in [0, 0.1) is 5.92 Å². The fourth-order valence-electron chi connectivity index (χ4n) is 2.34. The third-order valence-corrected chi connectivity index (χ3v) is 4.15. The Morgan fingerprint density at radius 1 is 1.50 bits per heavy atom. The van der Waals surface area contributed by atoms with E-state index >= 15 is 0 Å². The largest absolute Gasteiger partial charge is 0.329 e. The molecule has 1 fully saturated rings. The highest BCUT2D eigenvalue weighted by molar-refractivity contribution is 5.84. The number of hydrogen-bond acceptors (Lipinski definition) is 3. The normalized spacial score (nSPS) is 20.9. The van der Waals surface area contributed by atoms with Crippen molar-refractivity contribution in [3.63, 3.8) is 0 Å². The standard InChI is InChI=1S/C17H27N3O2/c1-5-12(3)13(4)16(19-11-21)10-14(6-2)20-17(22)15-8-7-9-18-15/h6,10-12,15,18H,2,5,7-9H2,1,3-4H3,(H,19,21)(H,20,22)/b14-10+,16-13+. The molecule has 0 spiro atoms. The summed E-state index contributed by atoms with van der Waals surface area (Å²) >= 11 is 0. The molecule has 1 aliphatic rings. The third-order valence-electron chi connectivity index (χ3n) is 4.15. The average Bonchev–Trinajstić information content (AvgIpc) is 3.06. The Labute approximate surface area is 132 Å². The van der Waals surface area contributed by atoms with Crippen molar-refractivity contribution in [1.29, 1.82) is 0 Å². The molecule has 5 nitrogen and oxygen atoms in total. The van der Waals surface area contributed by atoms with Gasteiger partial charge >= 0.3 is 0 Å². The maximum absolute atomic E-state index is 12.1. The summed E-state index contributed by atoms with van der Waals surface area (Å²) in [5, 5.41) is 8.73. The van der Waals surface area contributed by atoms with E-state index in [2.05, 4.69) is 36.4 Å². The number of carbonyl (C=O) groups excluding carboxylic acids is 2. The lowest BCUT2D eigenvalue weighted by atomic mass is 9.97. The monoisotopic (exact) mass is 305 g/mol. The summed E-state index contributed by atoms with van der Waals surface area (Å²) in [4.78, 5) is 23.0. The van der Waals surface area contributed by atoms with Crippen molar-refractivity contribution >= 4 is 12.3 Å². The highest BCUT2D eigenvalue weighted by atomic mass is 16.2. The second-order valence-corrected chi connectivity index (χ2v) is 5.61. The summed E-state index contributed by atoms with van der Waals surface area (Å²) in [7, 11) is 0. The molecule has 0 aromatic rings. The average molecular weight is 305 g/mol. The minimum atomic E-state index is -0.148. The van der Waals surface area contributed by atoms with E-state index in [1.165, 1.54) is 0 Å². The smallest absolute Gasteiger partial charge is 0.241 e. The zero-order chi connectivity index (χ0) is 16.5. The number of hydrogen-bond donors (Lipinski definition) is 3. The van der Waals surface area contributed by atoms with Crippen LogP contribution in [-0.4, -0.2) is 24.9 Å². The second-order valence-electron chi connectivity index (χ2n) is 5.61. The van der Waals surface area contributed by atoms with Crippen LogP contribution in [0.4, 0.5) is 0 Å².